The Labute approximate surface area is 116 Å². The van der Waals surface area contributed by atoms with E-state index < -0.39 is 12.0 Å². The molecule has 0 radical (unpaired) electrons. The first-order valence-electron chi connectivity index (χ1n) is 5.52. The Morgan fingerprint density at radius 1 is 1.21 bits per heavy atom. The lowest BCUT2D eigenvalue weighted by Crippen LogP contribution is -2.41. The third-order valence-corrected chi connectivity index (χ3v) is 1.96. The minimum Gasteiger partial charge on any atom is -0.480 e. The third kappa shape index (κ3) is 9.79. The molecule has 19 heavy (non-hydrogen) atoms. The van der Waals surface area contributed by atoms with Gasteiger partial charge >= 0.3 is 5.97 Å². The van der Waals surface area contributed by atoms with Crippen molar-refractivity contribution in [1.29, 1.82) is 0 Å². The van der Waals surface area contributed by atoms with E-state index in [-0.39, 0.29) is 11.1 Å². The topological polar surface area (TPSA) is 83.5 Å². The standard InChI is InChI=1S/C11H13NO3.C2H3ClO/c1-8(13)12-10(11(14)15)7-9-5-3-2-4-6-9;1-2(3)4/h2-6,10H,7H2,1H3,(H,12,13)(H,14,15);1H3. The van der Waals surface area contributed by atoms with Crippen molar-refractivity contribution in [3.63, 3.8) is 0 Å². The normalized spacial score (nSPS) is 10.7. The van der Waals surface area contributed by atoms with Crippen LogP contribution in [0.5, 0.6) is 0 Å². The second kappa shape index (κ2) is 9.10. The van der Waals surface area contributed by atoms with Crippen molar-refractivity contribution in [2.75, 3.05) is 0 Å². The van der Waals surface area contributed by atoms with E-state index in [1.807, 2.05) is 30.3 Å². The minimum absolute atomic E-state index is 0.301. The number of nitrogens with one attached hydrogen (secondary N) is 1. The highest BCUT2D eigenvalue weighted by molar-refractivity contribution is 6.62. The molecule has 0 saturated carbocycles. The monoisotopic (exact) mass is 285 g/mol. The third-order valence-electron chi connectivity index (χ3n) is 1.96. The van der Waals surface area contributed by atoms with E-state index in [4.69, 9.17) is 5.11 Å². The molecule has 0 heterocycles. The van der Waals surface area contributed by atoms with Crippen LogP contribution in [0.15, 0.2) is 30.3 Å². The van der Waals surface area contributed by atoms with E-state index in [1.54, 1.807) is 0 Å². The number of carboxylic acid groups (broad SMARTS) is 1. The van der Waals surface area contributed by atoms with Gasteiger partial charge in [0.1, 0.15) is 6.04 Å². The Kier molecular flexibility index (Phi) is 8.20. The zero-order valence-corrected chi connectivity index (χ0v) is 11.5. The predicted molar refractivity (Wildman–Crippen MR) is 71.9 cm³/mol. The fourth-order valence-corrected chi connectivity index (χ4v) is 1.30. The van der Waals surface area contributed by atoms with E-state index in [9.17, 15) is 14.4 Å². The smallest absolute Gasteiger partial charge is 0.326 e. The summed E-state index contributed by atoms with van der Waals surface area (Å²) in [6.45, 7) is 2.60. The highest BCUT2D eigenvalue weighted by Crippen LogP contribution is 2.03. The number of carbonyl (C=O) groups excluding carboxylic acids is 2. The van der Waals surface area contributed by atoms with Crippen LogP contribution in [0.3, 0.4) is 0 Å². The first-order valence-corrected chi connectivity index (χ1v) is 5.90. The molecular formula is C13H16ClNO4. The first kappa shape index (κ1) is 17.1. The molecule has 0 saturated heterocycles. The van der Waals surface area contributed by atoms with Crippen molar-refractivity contribution in [1.82, 2.24) is 5.32 Å². The van der Waals surface area contributed by atoms with Gasteiger partial charge in [-0.2, -0.15) is 0 Å². The Morgan fingerprint density at radius 2 is 1.68 bits per heavy atom. The highest BCUT2D eigenvalue weighted by Gasteiger charge is 2.18. The van der Waals surface area contributed by atoms with Gasteiger partial charge in [0.15, 0.2) is 0 Å². The summed E-state index contributed by atoms with van der Waals surface area (Å²) >= 11 is 4.64. The number of carbonyl (C=O) groups is 3. The molecule has 1 atom stereocenters. The van der Waals surface area contributed by atoms with E-state index >= 15 is 0 Å². The molecule has 5 nitrogen and oxygen atoms in total. The minimum atomic E-state index is -1.02. The summed E-state index contributed by atoms with van der Waals surface area (Å²) in [5, 5.41) is 10.9. The summed E-state index contributed by atoms with van der Waals surface area (Å²) < 4.78 is 0. The number of hydrogen-bond acceptors (Lipinski definition) is 3. The Balaban J connectivity index is 0.000000711. The van der Waals surface area contributed by atoms with Crippen LogP contribution in [0.2, 0.25) is 0 Å². The quantitative estimate of drug-likeness (QED) is 0.823. The van der Waals surface area contributed by atoms with Gasteiger partial charge in [0.2, 0.25) is 11.1 Å². The Hall–Kier alpha value is -1.88. The lowest BCUT2D eigenvalue weighted by atomic mass is 10.1. The summed E-state index contributed by atoms with van der Waals surface area (Å²) in [6, 6.07) is 8.34. The van der Waals surface area contributed by atoms with Crippen molar-refractivity contribution in [3.05, 3.63) is 35.9 Å². The fourth-order valence-electron chi connectivity index (χ4n) is 1.30. The van der Waals surface area contributed by atoms with Crippen molar-refractivity contribution < 1.29 is 19.5 Å². The summed E-state index contributed by atoms with van der Waals surface area (Å²) in [7, 11) is 0. The van der Waals surface area contributed by atoms with Crippen molar-refractivity contribution in [2.45, 2.75) is 26.3 Å². The lowest BCUT2D eigenvalue weighted by Gasteiger charge is -2.12. The highest BCUT2D eigenvalue weighted by atomic mass is 35.5. The Bertz CT molecular complexity index is 430. The summed E-state index contributed by atoms with van der Waals surface area (Å²) in [6.07, 6.45) is 0.301. The molecule has 1 amide bonds. The van der Waals surface area contributed by atoms with E-state index in [2.05, 4.69) is 16.9 Å². The number of aliphatic carboxylic acids is 1. The molecule has 6 heteroatoms. The number of hydrogen-bond donors (Lipinski definition) is 2. The number of halogens is 1. The van der Waals surface area contributed by atoms with Gasteiger partial charge in [-0.05, 0) is 17.2 Å². The van der Waals surface area contributed by atoms with Gasteiger partial charge in [-0.1, -0.05) is 30.3 Å². The molecule has 0 spiro atoms. The molecule has 0 bridgehead atoms. The number of amides is 1. The van der Waals surface area contributed by atoms with E-state index in [0.717, 1.165) is 5.56 Å². The molecule has 2 N–H and O–H groups in total. The molecule has 0 fully saturated rings. The maximum absolute atomic E-state index is 10.8. The lowest BCUT2D eigenvalue weighted by molar-refractivity contribution is -0.141. The number of benzene rings is 1. The Morgan fingerprint density at radius 3 is 2.05 bits per heavy atom. The van der Waals surface area contributed by atoms with Gasteiger partial charge in [-0.15, -0.1) is 0 Å². The van der Waals surface area contributed by atoms with Crippen LogP contribution in [-0.4, -0.2) is 28.3 Å². The first-order chi connectivity index (χ1) is 8.82. The molecule has 0 aromatic heterocycles. The molecule has 0 aliphatic carbocycles. The summed E-state index contributed by atoms with van der Waals surface area (Å²) in [4.78, 5) is 30.8. The maximum Gasteiger partial charge on any atom is 0.326 e. The average Bonchev–Trinajstić information content (AvgIpc) is 2.28. The zero-order chi connectivity index (χ0) is 14.8. The largest absolute Gasteiger partial charge is 0.480 e. The maximum atomic E-state index is 10.8. The van der Waals surface area contributed by atoms with E-state index in [1.165, 1.54) is 13.8 Å². The molecule has 1 rings (SSSR count). The summed E-state index contributed by atoms with van der Waals surface area (Å²) in [5.74, 6) is -1.35. The van der Waals surface area contributed by atoms with Crippen LogP contribution < -0.4 is 5.32 Å². The van der Waals surface area contributed by atoms with Gasteiger partial charge in [0.05, 0.1) is 0 Å². The van der Waals surface area contributed by atoms with E-state index in [0.29, 0.717) is 6.42 Å². The molecule has 104 valence electrons. The molecule has 0 aliphatic rings. The van der Waals surface area contributed by atoms with Crippen molar-refractivity contribution in [3.8, 4) is 0 Å². The molecule has 1 aromatic carbocycles. The summed E-state index contributed by atoms with van der Waals surface area (Å²) in [5.41, 5.74) is 0.888. The molecule has 0 aliphatic heterocycles. The molecule has 1 unspecified atom stereocenters. The van der Waals surface area contributed by atoms with Crippen LogP contribution >= 0.6 is 11.6 Å². The molecule has 1 aromatic rings. The zero-order valence-electron chi connectivity index (χ0n) is 10.7. The second-order valence-corrected chi connectivity index (χ2v) is 4.28. The van der Waals surface area contributed by atoms with Crippen LogP contribution in [0.1, 0.15) is 19.4 Å². The molecular weight excluding hydrogens is 270 g/mol. The second-order valence-electron chi connectivity index (χ2n) is 3.75. The average molecular weight is 286 g/mol. The van der Waals surface area contributed by atoms with Gasteiger partial charge < -0.3 is 10.4 Å². The van der Waals surface area contributed by atoms with Gasteiger partial charge in [0, 0.05) is 20.3 Å². The SMILES string of the molecule is CC(=O)Cl.CC(=O)NC(Cc1ccccc1)C(=O)O. The van der Waals surface area contributed by atoms with Crippen molar-refractivity contribution >= 4 is 28.7 Å². The van der Waals surface area contributed by atoms with Gasteiger partial charge in [-0.3, -0.25) is 9.59 Å². The predicted octanol–water partition coefficient (Wildman–Crippen LogP) is 1.59. The van der Waals surface area contributed by atoms with Crippen LogP contribution in [0, 0.1) is 0 Å². The van der Waals surface area contributed by atoms with Gasteiger partial charge in [-0.25, -0.2) is 4.79 Å². The number of carboxylic acids is 1. The van der Waals surface area contributed by atoms with Crippen molar-refractivity contribution in [2.24, 2.45) is 0 Å². The fraction of sp³-hybridized carbons (Fsp3) is 0.308. The van der Waals surface area contributed by atoms with Crippen LogP contribution in [0.25, 0.3) is 0 Å². The number of rotatable bonds is 4. The van der Waals surface area contributed by atoms with Crippen LogP contribution in [0.4, 0.5) is 0 Å². The van der Waals surface area contributed by atoms with Crippen LogP contribution in [-0.2, 0) is 20.8 Å². The van der Waals surface area contributed by atoms with Gasteiger partial charge in [0.25, 0.3) is 0 Å².